The van der Waals surface area contributed by atoms with Crippen molar-refractivity contribution in [3.63, 3.8) is 0 Å². The molecule has 1 aliphatic heterocycles. The molecule has 94 valence electrons. The molecule has 2 atom stereocenters. The zero-order valence-corrected chi connectivity index (χ0v) is 10.6. The predicted octanol–water partition coefficient (Wildman–Crippen LogP) is 1.15. The van der Waals surface area contributed by atoms with Gasteiger partial charge in [-0.25, -0.2) is 0 Å². The Labute approximate surface area is 103 Å². The fraction of sp³-hybridized carbons (Fsp3) is 0.615. The summed E-state index contributed by atoms with van der Waals surface area (Å²) in [6.07, 6.45) is 2.16. The van der Waals surface area contributed by atoms with Crippen LogP contribution in [0.3, 0.4) is 0 Å². The third-order valence-corrected chi connectivity index (χ3v) is 3.21. The Kier molecular flexibility index (Phi) is 4.10. The van der Waals surface area contributed by atoms with E-state index in [4.69, 9.17) is 10.5 Å². The average molecular weight is 235 g/mol. The molecule has 0 bridgehead atoms. The van der Waals surface area contributed by atoms with Gasteiger partial charge in [-0.3, -0.25) is 9.88 Å². The standard InChI is InChI=1S/C13H21N3O/c1-10-9-17-11(2)7-16(10)8-12-3-4-15-13(5-12)6-14/h3-5,10-11H,6-9,14H2,1-2H3. The second-order valence-electron chi connectivity index (χ2n) is 4.78. The van der Waals surface area contributed by atoms with E-state index in [1.54, 1.807) is 0 Å². The minimum Gasteiger partial charge on any atom is -0.376 e. The van der Waals surface area contributed by atoms with Gasteiger partial charge >= 0.3 is 0 Å². The molecule has 4 heteroatoms. The summed E-state index contributed by atoms with van der Waals surface area (Å²) in [6, 6.07) is 4.62. The number of hydrogen-bond donors (Lipinski definition) is 1. The van der Waals surface area contributed by atoms with Crippen molar-refractivity contribution in [3.8, 4) is 0 Å². The van der Waals surface area contributed by atoms with Crippen LogP contribution in [-0.4, -0.2) is 35.2 Å². The Morgan fingerprint density at radius 2 is 2.35 bits per heavy atom. The highest BCUT2D eigenvalue weighted by atomic mass is 16.5. The molecule has 0 aliphatic carbocycles. The highest BCUT2D eigenvalue weighted by Gasteiger charge is 2.23. The largest absolute Gasteiger partial charge is 0.376 e. The monoisotopic (exact) mass is 235 g/mol. The molecule has 1 fully saturated rings. The topological polar surface area (TPSA) is 51.4 Å². The second-order valence-corrected chi connectivity index (χ2v) is 4.78. The molecule has 2 N–H and O–H groups in total. The number of hydrogen-bond acceptors (Lipinski definition) is 4. The van der Waals surface area contributed by atoms with Crippen molar-refractivity contribution < 1.29 is 4.74 Å². The molecule has 0 radical (unpaired) electrons. The van der Waals surface area contributed by atoms with Gasteiger partial charge in [0.25, 0.3) is 0 Å². The summed E-state index contributed by atoms with van der Waals surface area (Å²) in [7, 11) is 0. The molecule has 1 aliphatic rings. The summed E-state index contributed by atoms with van der Waals surface area (Å²) in [5.41, 5.74) is 7.84. The van der Waals surface area contributed by atoms with E-state index < -0.39 is 0 Å². The van der Waals surface area contributed by atoms with Gasteiger partial charge in [0.05, 0.1) is 18.4 Å². The SMILES string of the molecule is CC1CN(Cc2ccnc(CN)c2)C(C)CO1. The number of nitrogens with zero attached hydrogens (tertiary/aromatic N) is 2. The van der Waals surface area contributed by atoms with Crippen LogP contribution in [-0.2, 0) is 17.8 Å². The van der Waals surface area contributed by atoms with Gasteiger partial charge in [0.1, 0.15) is 0 Å². The lowest BCUT2D eigenvalue weighted by Crippen LogP contribution is -2.46. The summed E-state index contributed by atoms with van der Waals surface area (Å²) >= 11 is 0. The first kappa shape index (κ1) is 12.5. The molecule has 0 aromatic carbocycles. The van der Waals surface area contributed by atoms with Crippen molar-refractivity contribution in [2.75, 3.05) is 13.2 Å². The fourth-order valence-electron chi connectivity index (χ4n) is 2.16. The zero-order chi connectivity index (χ0) is 12.3. The minimum atomic E-state index is 0.321. The molecule has 0 saturated carbocycles. The van der Waals surface area contributed by atoms with E-state index in [0.29, 0.717) is 18.7 Å². The molecule has 1 saturated heterocycles. The van der Waals surface area contributed by atoms with Gasteiger partial charge < -0.3 is 10.5 Å². The summed E-state index contributed by atoms with van der Waals surface area (Å²) in [6.45, 7) is 7.58. The summed E-state index contributed by atoms with van der Waals surface area (Å²) in [5.74, 6) is 0. The first-order chi connectivity index (χ1) is 8.19. The van der Waals surface area contributed by atoms with Gasteiger partial charge in [-0.15, -0.1) is 0 Å². The first-order valence-electron chi connectivity index (χ1n) is 6.18. The molecule has 0 amide bonds. The summed E-state index contributed by atoms with van der Waals surface area (Å²) in [4.78, 5) is 6.66. The van der Waals surface area contributed by atoms with Crippen LogP contribution in [0.25, 0.3) is 0 Å². The smallest absolute Gasteiger partial charge is 0.0674 e. The van der Waals surface area contributed by atoms with Crippen molar-refractivity contribution in [3.05, 3.63) is 29.6 Å². The number of morpholine rings is 1. The lowest BCUT2D eigenvalue weighted by atomic mass is 10.1. The van der Waals surface area contributed by atoms with Crippen LogP contribution in [0, 0.1) is 0 Å². The summed E-state index contributed by atoms with van der Waals surface area (Å²) < 4.78 is 5.63. The number of rotatable bonds is 3. The Bertz CT molecular complexity index is 369. The maximum absolute atomic E-state index is 5.63. The first-order valence-corrected chi connectivity index (χ1v) is 6.18. The lowest BCUT2D eigenvalue weighted by molar-refractivity contribution is -0.0526. The molecule has 17 heavy (non-hydrogen) atoms. The third kappa shape index (κ3) is 3.25. The van der Waals surface area contributed by atoms with E-state index in [2.05, 4.69) is 35.9 Å². The normalized spacial score (nSPS) is 26.1. The van der Waals surface area contributed by atoms with E-state index in [-0.39, 0.29) is 0 Å². The Morgan fingerprint density at radius 3 is 3.12 bits per heavy atom. The lowest BCUT2D eigenvalue weighted by Gasteiger charge is -2.36. The van der Waals surface area contributed by atoms with Crippen molar-refractivity contribution in [1.29, 1.82) is 0 Å². The number of pyridine rings is 1. The number of nitrogens with two attached hydrogens (primary N) is 1. The quantitative estimate of drug-likeness (QED) is 0.854. The van der Waals surface area contributed by atoms with Gasteiger partial charge in [0.15, 0.2) is 0 Å². The molecule has 1 aromatic rings. The van der Waals surface area contributed by atoms with Crippen LogP contribution in [0.15, 0.2) is 18.3 Å². The van der Waals surface area contributed by atoms with Crippen molar-refractivity contribution in [2.45, 2.75) is 39.1 Å². The maximum Gasteiger partial charge on any atom is 0.0674 e. The van der Waals surface area contributed by atoms with Crippen LogP contribution in [0.5, 0.6) is 0 Å². The number of aromatic nitrogens is 1. The van der Waals surface area contributed by atoms with E-state index in [9.17, 15) is 0 Å². The molecule has 2 heterocycles. The Balaban J connectivity index is 2.03. The van der Waals surface area contributed by atoms with Crippen molar-refractivity contribution in [1.82, 2.24) is 9.88 Å². The van der Waals surface area contributed by atoms with Crippen LogP contribution >= 0.6 is 0 Å². The third-order valence-electron chi connectivity index (χ3n) is 3.21. The average Bonchev–Trinajstić information content (AvgIpc) is 2.34. The minimum absolute atomic E-state index is 0.321. The van der Waals surface area contributed by atoms with Gasteiger partial charge in [0, 0.05) is 31.9 Å². The van der Waals surface area contributed by atoms with Gasteiger partial charge in [-0.05, 0) is 31.5 Å². The van der Waals surface area contributed by atoms with E-state index in [1.807, 2.05) is 6.20 Å². The molecular weight excluding hydrogens is 214 g/mol. The molecule has 2 rings (SSSR count). The summed E-state index contributed by atoms with van der Waals surface area (Å²) in [5, 5.41) is 0. The highest BCUT2D eigenvalue weighted by Crippen LogP contribution is 2.15. The highest BCUT2D eigenvalue weighted by molar-refractivity contribution is 5.16. The van der Waals surface area contributed by atoms with E-state index >= 15 is 0 Å². The van der Waals surface area contributed by atoms with E-state index in [1.165, 1.54) is 5.56 Å². The van der Waals surface area contributed by atoms with Gasteiger partial charge in [0.2, 0.25) is 0 Å². The predicted molar refractivity (Wildman–Crippen MR) is 67.4 cm³/mol. The molecule has 4 nitrogen and oxygen atoms in total. The van der Waals surface area contributed by atoms with Crippen LogP contribution in [0.1, 0.15) is 25.1 Å². The zero-order valence-electron chi connectivity index (χ0n) is 10.6. The molecule has 2 unspecified atom stereocenters. The Hall–Kier alpha value is -0.970. The molecular formula is C13H21N3O. The van der Waals surface area contributed by atoms with Gasteiger partial charge in [-0.1, -0.05) is 0 Å². The second kappa shape index (κ2) is 5.58. The van der Waals surface area contributed by atoms with Crippen LogP contribution in [0.2, 0.25) is 0 Å². The fourth-order valence-corrected chi connectivity index (χ4v) is 2.16. The van der Waals surface area contributed by atoms with Crippen molar-refractivity contribution in [2.24, 2.45) is 5.73 Å². The van der Waals surface area contributed by atoms with Gasteiger partial charge in [-0.2, -0.15) is 0 Å². The van der Waals surface area contributed by atoms with Crippen LogP contribution in [0.4, 0.5) is 0 Å². The number of ether oxygens (including phenoxy) is 1. The van der Waals surface area contributed by atoms with E-state index in [0.717, 1.165) is 25.4 Å². The maximum atomic E-state index is 5.63. The van der Waals surface area contributed by atoms with Crippen LogP contribution < -0.4 is 5.73 Å². The molecule has 0 spiro atoms. The molecule has 1 aromatic heterocycles. The van der Waals surface area contributed by atoms with Crippen molar-refractivity contribution >= 4 is 0 Å². The Morgan fingerprint density at radius 1 is 1.53 bits per heavy atom.